The van der Waals surface area contributed by atoms with E-state index < -0.39 is 21.9 Å². The summed E-state index contributed by atoms with van der Waals surface area (Å²) in [7, 11) is -4.63. The Balaban J connectivity index is 2.29. The van der Waals surface area contributed by atoms with Crippen LogP contribution in [0.5, 0.6) is 0 Å². The van der Waals surface area contributed by atoms with Gasteiger partial charge in [0.05, 0.1) is 11.4 Å². The van der Waals surface area contributed by atoms with Crippen LogP contribution in [0.25, 0.3) is 0 Å². The van der Waals surface area contributed by atoms with Crippen molar-refractivity contribution in [2.24, 2.45) is 5.92 Å². The van der Waals surface area contributed by atoms with Gasteiger partial charge in [0.2, 0.25) is 11.2 Å². The molecule has 0 radical (unpaired) electrons. The standard InChI is InChI=1S/C10H10Cl2FN3O3S/c1-5-8(9(11)15-10(12)14-5)16-3-6(2-7(16)17)4-20(13,18)19/h6H,2-4H2,1H3. The fraction of sp³-hybridized carbons (Fsp3) is 0.500. The van der Waals surface area contributed by atoms with Crippen molar-refractivity contribution in [1.29, 1.82) is 0 Å². The van der Waals surface area contributed by atoms with Gasteiger partial charge in [0.25, 0.3) is 0 Å². The van der Waals surface area contributed by atoms with Crippen molar-refractivity contribution in [3.05, 3.63) is 16.1 Å². The highest BCUT2D eigenvalue weighted by Gasteiger charge is 2.35. The number of nitrogens with zero attached hydrogens (tertiary/aromatic N) is 3. The first kappa shape index (κ1) is 15.4. The predicted octanol–water partition coefficient (Wildman–Crippen LogP) is 1.74. The molecule has 1 amide bonds. The zero-order chi connectivity index (χ0) is 15.1. The fourth-order valence-electron chi connectivity index (χ4n) is 2.20. The number of hydrogen-bond acceptors (Lipinski definition) is 5. The van der Waals surface area contributed by atoms with Crippen molar-refractivity contribution in [1.82, 2.24) is 9.97 Å². The first-order chi connectivity index (χ1) is 9.17. The molecule has 0 bridgehead atoms. The Labute approximate surface area is 125 Å². The molecular formula is C10H10Cl2FN3O3S. The molecule has 2 heterocycles. The number of halogens is 3. The van der Waals surface area contributed by atoms with E-state index in [-0.39, 0.29) is 35.0 Å². The van der Waals surface area contributed by atoms with Crippen LogP contribution in [0.4, 0.5) is 9.57 Å². The molecule has 0 aliphatic carbocycles. The normalized spacial score (nSPS) is 19.7. The maximum absolute atomic E-state index is 12.7. The maximum atomic E-state index is 12.7. The third-order valence-electron chi connectivity index (χ3n) is 2.90. The molecule has 1 aliphatic rings. The molecular weight excluding hydrogens is 332 g/mol. The van der Waals surface area contributed by atoms with Gasteiger partial charge in [0.1, 0.15) is 5.69 Å². The van der Waals surface area contributed by atoms with Crippen molar-refractivity contribution in [3.63, 3.8) is 0 Å². The van der Waals surface area contributed by atoms with Crippen LogP contribution in [-0.2, 0) is 15.0 Å². The van der Waals surface area contributed by atoms with Gasteiger partial charge >= 0.3 is 10.2 Å². The van der Waals surface area contributed by atoms with Gasteiger partial charge in [-0.25, -0.2) is 9.97 Å². The van der Waals surface area contributed by atoms with Crippen molar-refractivity contribution in [2.45, 2.75) is 13.3 Å². The Morgan fingerprint density at radius 1 is 1.40 bits per heavy atom. The van der Waals surface area contributed by atoms with Gasteiger partial charge in [0, 0.05) is 18.9 Å². The molecule has 1 aromatic heterocycles. The van der Waals surface area contributed by atoms with Gasteiger partial charge in [-0.2, -0.15) is 8.42 Å². The molecule has 0 aromatic carbocycles. The second-order valence-corrected chi connectivity index (χ2v) is 6.60. The lowest BCUT2D eigenvalue weighted by molar-refractivity contribution is -0.117. The third kappa shape index (κ3) is 3.36. The van der Waals surface area contributed by atoms with E-state index in [0.29, 0.717) is 5.69 Å². The number of anilines is 1. The van der Waals surface area contributed by atoms with Crippen LogP contribution in [-0.4, -0.2) is 36.6 Å². The van der Waals surface area contributed by atoms with Gasteiger partial charge in [-0.1, -0.05) is 11.6 Å². The largest absolute Gasteiger partial charge is 0.308 e. The van der Waals surface area contributed by atoms with Crippen LogP contribution in [0, 0.1) is 12.8 Å². The summed E-state index contributed by atoms with van der Waals surface area (Å²) < 4.78 is 34.0. The minimum Gasteiger partial charge on any atom is -0.308 e. The van der Waals surface area contributed by atoms with Gasteiger partial charge in [-0.3, -0.25) is 4.79 Å². The monoisotopic (exact) mass is 341 g/mol. The lowest BCUT2D eigenvalue weighted by Gasteiger charge is -2.19. The average Bonchev–Trinajstić information content (AvgIpc) is 2.55. The number of amides is 1. The molecule has 1 aromatic rings. The topological polar surface area (TPSA) is 80.2 Å². The third-order valence-corrected chi connectivity index (χ3v) is 4.20. The summed E-state index contributed by atoms with van der Waals surface area (Å²) in [4.78, 5) is 20.8. The molecule has 1 fully saturated rings. The van der Waals surface area contributed by atoms with E-state index in [2.05, 4.69) is 9.97 Å². The highest BCUT2D eigenvalue weighted by Crippen LogP contribution is 2.33. The van der Waals surface area contributed by atoms with E-state index in [1.165, 1.54) is 4.90 Å². The lowest BCUT2D eigenvalue weighted by Crippen LogP contribution is -2.27. The number of carbonyl (C=O) groups excluding carboxylic acids is 1. The molecule has 10 heteroatoms. The summed E-state index contributed by atoms with van der Waals surface area (Å²) in [6, 6.07) is 0. The zero-order valence-corrected chi connectivity index (χ0v) is 12.6. The van der Waals surface area contributed by atoms with Crippen molar-refractivity contribution in [3.8, 4) is 0 Å². The van der Waals surface area contributed by atoms with Gasteiger partial charge in [-0.05, 0) is 18.5 Å². The Kier molecular flexibility index (Phi) is 4.17. The fourth-order valence-corrected chi connectivity index (χ4v) is 3.56. The molecule has 0 N–H and O–H groups in total. The molecule has 6 nitrogen and oxygen atoms in total. The molecule has 1 atom stereocenters. The quantitative estimate of drug-likeness (QED) is 0.475. The van der Waals surface area contributed by atoms with E-state index in [1.54, 1.807) is 6.92 Å². The molecule has 1 unspecified atom stereocenters. The zero-order valence-electron chi connectivity index (χ0n) is 10.3. The van der Waals surface area contributed by atoms with Gasteiger partial charge in [0.15, 0.2) is 5.15 Å². The van der Waals surface area contributed by atoms with Gasteiger partial charge < -0.3 is 4.90 Å². The Bertz CT molecular complexity index is 645. The van der Waals surface area contributed by atoms with Crippen LogP contribution in [0.3, 0.4) is 0 Å². The lowest BCUT2D eigenvalue weighted by atomic mass is 10.1. The minimum absolute atomic E-state index is 0.000365. The molecule has 1 aliphatic heterocycles. The second kappa shape index (κ2) is 5.42. The summed E-state index contributed by atoms with van der Waals surface area (Å²) in [6.07, 6.45) is -0.0679. The maximum Gasteiger partial charge on any atom is 0.302 e. The molecule has 0 saturated carbocycles. The minimum atomic E-state index is -4.63. The Hall–Kier alpha value is -0.990. The highest BCUT2D eigenvalue weighted by molar-refractivity contribution is 7.86. The number of aromatic nitrogens is 2. The first-order valence-corrected chi connectivity index (χ1v) is 7.90. The highest BCUT2D eigenvalue weighted by atomic mass is 35.5. The number of aryl methyl sites for hydroxylation is 1. The van der Waals surface area contributed by atoms with E-state index in [4.69, 9.17) is 23.2 Å². The van der Waals surface area contributed by atoms with Crippen molar-refractivity contribution in [2.75, 3.05) is 17.2 Å². The first-order valence-electron chi connectivity index (χ1n) is 5.59. The van der Waals surface area contributed by atoms with Crippen molar-refractivity contribution >= 4 is 45.0 Å². The molecule has 0 spiro atoms. The summed E-state index contributed by atoms with van der Waals surface area (Å²) in [5.41, 5.74) is 0.673. The van der Waals surface area contributed by atoms with E-state index in [1.807, 2.05) is 0 Å². The van der Waals surface area contributed by atoms with Crippen LogP contribution >= 0.6 is 23.2 Å². The van der Waals surface area contributed by atoms with Crippen LogP contribution in [0.15, 0.2) is 0 Å². The second-order valence-electron chi connectivity index (χ2n) is 4.50. The SMILES string of the molecule is Cc1nc(Cl)nc(Cl)c1N1CC(CS(=O)(=O)F)CC1=O. The molecule has 110 valence electrons. The van der Waals surface area contributed by atoms with Gasteiger partial charge in [-0.15, -0.1) is 3.89 Å². The van der Waals surface area contributed by atoms with Crippen molar-refractivity contribution < 1.29 is 17.1 Å². The van der Waals surface area contributed by atoms with Crippen LogP contribution in [0.1, 0.15) is 12.1 Å². The van der Waals surface area contributed by atoms with E-state index >= 15 is 0 Å². The number of rotatable bonds is 3. The van der Waals surface area contributed by atoms with E-state index in [0.717, 1.165) is 0 Å². The van der Waals surface area contributed by atoms with E-state index in [9.17, 15) is 17.1 Å². The molecule has 20 heavy (non-hydrogen) atoms. The summed E-state index contributed by atoms with van der Waals surface area (Å²) >= 11 is 11.6. The Morgan fingerprint density at radius 2 is 2.05 bits per heavy atom. The van der Waals surface area contributed by atoms with Crippen LogP contribution < -0.4 is 4.90 Å². The Morgan fingerprint density at radius 3 is 2.60 bits per heavy atom. The predicted molar refractivity (Wildman–Crippen MR) is 72.1 cm³/mol. The van der Waals surface area contributed by atoms with Crippen LogP contribution in [0.2, 0.25) is 10.4 Å². The number of carbonyl (C=O) groups is 1. The summed E-state index contributed by atoms with van der Waals surface area (Å²) in [5, 5.41) is -0.0506. The average molecular weight is 342 g/mol. The summed E-state index contributed by atoms with van der Waals surface area (Å²) in [6.45, 7) is 1.65. The summed E-state index contributed by atoms with van der Waals surface area (Å²) in [5.74, 6) is -1.67. The smallest absolute Gasteiger partial charge is 0.302 e. The molecule has 2 rings (SSSR count). The number of hydrogen-bond donors (Lipinski definition) is 0. The molecule has 1 saturated heterocycles.